The molecule has 2 unspecified atom stereocenters. The van der Waals surface area contributed by atoms with Crippen LogP contribution in [0.2, 0.25) is 5.02 Å². The maximum absolute atomic E-state index is 11.6. The first-order valence-corrected chi connectivity index (χ1v) is 9.91. The lowest BCUT2D eigenvalue weighted by Gasteiger charge is -2.19. The largest absolute Gasteiger partial charge is 0.474 e. The van der Waals surface area contributed by atoms with Crippen molar-refractivity contribution in [1.82, 2.24) is 25.1 Å². The molecular weight excluding hydrogens is 390 g/mol. The van der Waals surface area contributed by atoms with Crippen LogP contribution in [0.15, 0.2) is 36.5 Å². The van der Waals surface area contributed by atoms with Crippen LogP contribution in [0.4, 0.5) is 0 Å². The number of hydrogen-bond acceptors (Lipinski definition) is 4. The van der Waals surface area contributed by atoms with E-state index >= 15 is 0 Å². The first-order chi connectivity index (χ1) is 14.0. The van der Waals surface area contributed by atoms with Crippen molar-refractivity contribution in [2.75, 3.05) is 6.54 Å². The topological polar surface area (TPSA) is 84.8 Å². The number of aromatic nitrogens is 4. The summed E-state index contributed by atoms with van der Waals surface area (Å²) >= 11 is 6.32. The van der Waals surface area contributed by atoms with Gasteiger partial charge in [-0.2, -0.15) is 5.10 Å². The number of carbonyl (C=O) groups excluding carboxylic acids is 1. The Balaban J connectivity index is 1.57. The summed E-state index contributed by atoms with van der Waals surface area (Å²) in [5.74, 6) is 0.697. The quantitative estimate of drug-likeness (QED) is 0.538. The Morgan fingerprint density at radius 3 is 2.97 bits per heavy atom. The molecule has 0 radical (unpaired) electrons. The van der Waals surface area contributed by atoms with Crippen LogP contribution in [0.5, 0.6) is 5.88 Å². The number of hydrogen-bond donors (Lipinski definition) is 2. The van der Waals surface area contributed by atoms with E-state index in [1.165, 1.54) is 0 Å². The second-order valence-corrected chi connectivity index (χ2v) is 7.93. The van der Waals surface area contributed by atoms with E-state index in [4.69, 9.17) is 21.3 Å². The van der Waals surface area contributed by atoms with E-state index in [0.717, 1.165) is 33.2 Å². The van der Waals surface area contributed by atoms with Crippen molar-refractivity contribution < 1.29 is 9.53 Å². The number of halogens is 1. The van der Waals surface area contributed by atoms with Crippen molar-refractivity contribution in [3.8, 4) is 17.3 Å². The molecule has 2 atom stereocenters. The van der Waals surface area contributed by atoms with Gasteiger partial charge in [0.15, 0.2) is 0 Å². The SMILES string of the molecule is CC(Oc1nc(-c2cc3cccc(Cl)c3[nH]2)cc2nn(C)cc12)C1CNC(=O)C1. The van der Waals surface area contributed by atoms with Gasteiger partial charge in [-0.1, -0.05) is 23.7 Å². The van der Waals surface area contributed by atoms with Crippen molar-refractivity contribution in [1.29, 1.82) is 0 Å². The molecular formula is C21H20ClN5O2. The molecule has 3 aromatic heterocycles. The van der Waals surface area contributed by atoms with Crippen molar-refractivity contribution in [2.24, 2.45) is 13.0 Å². The highest BCUT2D eigenvalue weighted by atomic mass is 35.5. The molecule has 0 spiro atoms. The van der Waals surface area contributed by atoms with Crippen molar-refractivity contribution in [3.63, 3.8) is 0 Å². The van der Waals surface area contributed by atoms with Crippen molar-refractivity contribution in [2.45, 2.75) is 19.4 Å². The Labute approximate surface area is 172 Å². The molecule has 0 bridgehead atoms. The number of nitrogens with zero attached hydrogens (tertiary/aromatic N) is 3. The number of para-hydroxylation sites is 1. The monoisotopic (exact) mass is 409 g/mol. The summed E-state index contributed by atoms with van der Waals surface area (Å²) in [5.41, 5.74) is 3.24. The van der Waals surface area contributed by atoms with Crippen LogP contribution < -0.4 is 10.1 Å². The zero-order chi connectivity index (χ0) is 20.1. The molecule has 1 aromatic carbocycles. The van der Waals surface area contributed by atoms with Gasteiger partial charge in [0.2, 0.25) is 11.8 Å². The third-order valence-corrected chi connectivity index (χ3v) is 5.75. The van der Waals surface area contributed by atoms with Gasteiger partial charge >= 0.3 is 0 Å². The number of aromatic amines is 1. The third kappa shape index (κ3) is 3.21. The first kappa shape index (κ1) is 18.0. The summed E-state index contributed by atoms with van der Waals surface area (Å²) < 4.78 is 7.98. The summed E-state index contributed by atoms with van der Waals surface area (Å²) in [6.45, 7) is 2.60. The van der Waals surface area contributed by atoms with Gasteiger partial charge in [-0.25, -0.2) is 4.98 Å². The van der Waals surface area contributed by atoms with Crippen LogP contribution in [0.3, 0.4) is 0 Å². The molecule has 29 heavy (non-hydrogen) atoms. The van der Waals surface area contributed by atoms with Crippen LogP contribution in [0.25, 0.3) is 33.2 Å². The van der Waals surface area contributed by atoms with Crippen molar-refractivity contribution >= 4 is 39.3 Å². The standard InChI is InChI=1S/C21H20ClN5O2/c1-11(13-7-19(28)23-9-13)29-21-14-10-27(2)26-16(14)8-18(25-21)17-6-12-4-3-5-15(22)20(12)24-17/h3-6,8,10-11,13,24H,7,9H2,1-2H3,(H,23,28). The Kier molecular flexibility index (Phi) is 4.20. The molecule has 2 N–H and O–H groups in total. The summed E-state index contributed by atoms with van der Waals surface area (Å²) in [6.07, 6.45) is 2.21. The van der Waals surface area contributed by atoms with E-state index < -0.39 is 0 Å². The van der Waals surface area contributed by atoms with Crippen molar-refractivity contribution in [3.05, 3.63) is 41.6 Å². The number of pyridine rings is 1. The summed E-state index contributed by atoms with van der Waals surface area (Å²) in [5, 5.41) is 9.92. The van der Waals surface area contributed by atoms with E-state index in [1.54, 1.807) is 4.68 Å². The molecule has 7 nitrogen and oxygen atoms in total. The number of ether oxygens (including phenoxy) is 1. The van der Waals surface area contributed by atoms with E-state index in [-0.39, 0.29) is 17.9 Å². The second kappa shape index (κ2) is 6.77. The zero-order valence-electron chi connectivity index (χ0n) is 16.1. The van der Waals surface area contributed by atoms with Crippen LogP contribution in [-0.4, -0.2) is 38.3 Å². The molecule has 1 aliphatic heterocycles. The normalized spacial score (nSPS) is 17.8. The molecule has 1 fully saturated rings. The molecule has 0 saturated carbocycles. The highest BCUT2D eigenvalue weighted by Crippen LogP contribution is 2.33. The zero-order valence-corrected chi connectivity index (χ0v) is 16.8. The van der Waals surface area contributed by atoms with E-state index in [2.05, 4.69) is 15.4 Å². The van der Waals surface area contributed by atoms with E-state index in [9.17, 15) is 4.79 Å². The predicted molar refractivity (Wildman–Crippen MR) is 112 cm³/mol. The summed E-state index contributed by atoms with van der Waals surface area (Å²) in [6, 6.07) is 9.73. The lowest BCUT2D eigenvalue weighted by atomic mass is 10.0. The number of H-pyrrole nitrogens is 1. The number of fused-ring (bicyclic) bond motifs is 2. The molecule has 1 amide bonds. The molecule has 1 saturated heterocycles. The van der Waals surface area contributed by atoms with E-state index in [1.807, 2.05) is 50.5 Å². The second-order valence-electron chi connectivity index (χ2n) is 7.53. The fourth-order valence-corrected chi connectivity index (χ4v) is 4.05. The molecule has 1 aliphatic rings. The highest BCUT2D eigenvalue weighted by Gasteiger charge is 2.29. The van der Waals surface area contributed by atoms with Gasteiger partial charge in [0.25, 0.3) is 0 Å². The average molecular weight is 410 g/mol. The lowest BCUT2D eigenvalue weighted by molar-refractivity contribution is -0.119. The number of aryl methyl sites for hydroxylation is 1. The van der Waals surface area contributed by atoms with Crippen LogP contribution in [0.1, 0.15) is 13.3 Å². The summed E-state index contributed by atoms with van der Waals surface area (Å²) in [4.78, 5) is 19.7. The first-order valence-electron chi connectivity index (χ1n) is 9.53. The Bertz CT molecular complexity index is 1240. The number of rotatable bonds is 4. The van der Waals surface area contributed by atoms with Gasteiger partial charge in [0.05, 0.1) is 32.8 Å². The third-order valence-electron chi connectivity index (χ3n) is 5.43. The van der Waals surface area contributed by atoms with Crippen LogP contribution >= 0.6 is 11.6 Å². The molecule has 4 heterocycles. The fraction of sp³-hybridized carbons (Fsp3) is 0.286. The minimum atomic E-state index is -0.155. The fourth-order valence-electron chi connectivity index (χ4n) is 3.83. The smallest absolute Gasteiger partial charge is 0.225 e. The molecule has 4 aromatic rings. The van der Waals surface area contributed by atoms with Crippen LogP contribution in [-0.2, 0) is 11.8 Å². The van der Waals surface area contributed by atoms with Gasteiger partial charge < -0.3 is 15.0 Å². The number of benzene rings is 1. The maximum atomic E-state index is 11.6. The van der Waals surface area contributed by atoms with Crippen LogP contribution in [0, 0.1) is 5.92 Å². The molecule has 0 aliphatic carbocycles. The average Bonchev–Trinajstić information content (AvgIpc) is 3.39. The lowest BCUT2D eigenvalue weighted by Crippen LogP contribution is -2.26. The molecule has 148 valence electrons. The minimum Gasteiger partial charge on any atom is -0.474 e. The number of carbonyl (C=O) groups is 1. The highest BCUT2D eigenvalue weighted by molar-refractivity contribution is 6.35. The van der Waals surface area contributed by atoms with Gasteiger partial charge in [-0.3, -0.25) is 9.48 Å². The van der Waals surface area contributed by atoms with Gasteiger partial charge in [0.1, 0.15) is 6.10 Å². The Hall–Kier alpha value is -3.06. The number of nitrogens with one attached hydrogen (secondary N) is 2. The van der Waals surface area contributed by atoms with E-state index in [0.29, 0.717) is 23.9 Å². The van der Waals surface area contributed by atoms with Gasteiger partial charge in [-0.15, -0.1) is 0 Å². The number of amides is 1. The van der Waals surface area contributed by atoms with Gasteiger partial charge in [-0.05, 0) is 25.1 Å². The predicted octanol–water partition coefficient (Wildman–Crippen LogP) is 3.67. The van der Waals surface area contributed by atoms with Gasteiger partial charge in [0, 0.05) is 37.5 Å². The Morgan fingerprint density at radius 2 is 2.21 bits per heavy atom. The molecule has 5 rings (SSSR count). The maximum Gasteiger partial charge on any atom is 0.225 e. The summed E-state index contributed by atoms with van der Waals surface area (Å²) in [7, 11) is 1.87. The minimum absolute atomic E-state index is 0.0636. The Morgan fingerprint density at radius 1 is 1.34 bits per heavy atom. The molecule has 8 heteroatoms.